The summed E-state index contributed by atoms with van der Waals surface area (Å²) in [4.78, 5) is 1.05. The number of thiocarbonyl (C=S) groups is 1. The molecule has 0 spiro atoms. The third kappa shape index (κ3) is 5.01. The first-order valence-electron chi connectivity index (χ1n) is 5.47. The van der Waals surface area contributed by atoms with Crippen molar-refractivity contribution in [3.8, 4) is 0 Å². The highest BCUT2D eigenvalue weighted by atomic mass is 32.1. The molecule has 1 aliphatic carbocycles. The summed E-state index contributed by atoms with van der Waals surface area (Å²) in [6.45, 7) is -0.994. The summed E-state index contributed by atoms with van der Waals surface area (Å²) in [5.74, 6) is 0. The Morgan fingerprint density at radius 3 is 2.38 bits per heavy atom. The molecular weight excluding hydrogens is 237 g/mol. The number of alkyl halides is 3. The van der Waals surface area contributed by atoms with Crippen LogP contribution in [0.5, 0.6) is 0 Å². The maximum atomic E-state index is 12.1. The van der Waals surface area contributed by atoms with Crippen molar-refractivity contribution < 1.29 is 13.2 Å². The Morgan fingerprint density at radius 1 is 1.31 bits per heavy atom. The lowest BCUT2D eigenvalue weighted by atomic mass is 9.96. The molecule has 1 aliphatic rings. The Morgan fingerprint density at radius 2 is 1.88 bits per heavy atom. The van der Waals surface area contributed by atoms with Crippen molar-refractivity contribution in [1.82, 2.24) is 10.2 Å². The first kappa shape index (κ1) is 13.5. The molecule has 1 rings (SSSR count). The third-order valence-corrected chi connectivity index (χ3v) is 3.13. The topological polar surface area (TPSA) is 15.3 Å². The van der Waals surface area contributed by atoms with Crippen molar-refractivity contribution in [1.29, 1.82) is 0 Å². The van der Waals surface area contributed by atoms with E-state index in [4.69, 9.17) is 12.2 Å². The van der Waals surface area contributed by atoms with Crippen molar-refractivity contribution in [2.45, 2.75) is 44.3 Å². The van der Waals surface area contributed by atoms with Crippen LogP contribution in [0.15, 0.2) is 0 Å². The summed E-state index contributed by atoms with van der Waals surface area (Å²) in [6.07, 6.45) is 1.27. The Labute approximate surface area is 99.2 Å². The minimum atomic E-state index is -4.20. The maximum Gasteiger partial charge on any atom is 0.405 e. The quantitative estimate of drug-likeness (QED) is 0.763. The summed E-state index contributed by atoms with van der Waals surface area (Å²) in [5, 5.41) is 3.20. The lowest BCUT2D eigenvalue weighted by molar-refractivity contribution is -0.135. The van der Waals surface area contributed by atoms with Gasteiger partial charge in [0.2, 0.25) is 0 Å². The largest absolute Gasteiger partial charge is 0.405 e. The fraction of sp³-hybridized carbons (Fsp3) is 0.900. The summed E-state index contributed by atoms with van der Waals surface area (Å²) < 4.78 is 36.3. The number of halogens is 3. The van der Waals surface area contributed by atoms with Crippen LogP contribution in [0.2, 0.25) is 0 Å². The normalized spacial score (nSPS) is 18.2. The summed E-state index contributed by atoms with van der Waals surface area (Å²) in [7, 11) is 1.37. The molecule has 0 heterocycles. The van der Waals surface area contributed by atoms with Crippen molar-refractivity contribution in [3.63, 3.8) is 0 Å². The molecule has 94 valence electrons. The van der Waals surface area contributed by atoms with Gasteiger partial charge in [-0.05, 0) is 25.1 Å². The van der Waals surface area contributed by atoms with Gasteiger partial charge in [0.05, 0.1) is 0 Å². The van der Waals surface area contributed by atoms with Gasteiger partial charge in [0.25, 0.3) is 0 Å². The van der Waals surface area contributed by atoms with E-state index >= 15 is 0 Å². The van der Waals surface area contributed by atoms with Gasteiger partial charge in [-0.2, -0.15) is 13.2 Å². The Bertz CT molecular complexity index is 237. The predicted octanol–water partition coefficient (Wildman–Crippen LogP) is 2.69. The molecule has 0 amide bonds. The first-order chi connectivity index (χ1) is 7.38. The molecule has 0 aromatic rings. The second kappa shape index (κ2) is 5.70. The lowest BCUT2D eigenvalue weighted by Crippen LogP contribution is -2.46. The van der Waals surface area contributed by atoms with Crippen LogP contribution in [0.25, 0.3) is 0 Å². The number of nitrogens with zero attached hydrogens (tertiary/aromatic N) is 1. The molecule has 16 heavy (non-hydrogen) atoms. The molecule has 0 unspecified atom stereocenters. The van der Waals surface area contributed by atoms with Crippen LogP contribution in [0.3, 0.4) is 0 Å². The van der Waals surface area contributed by atoms with E-state index in [9.17, 15) is 13.2 Å². The van der Waals surface area contributed by atoms with Crippen molar-refractivity contribution in [3.05, 3.63) is 0 Å². The number of nitrogens with one attached hydrogen (secondary N) is 1. The van der Waals surface area contributed by atoms with E-state index in [-0.39, 0.29) is 11.2 Å². The van der Waals surface area contributed by atoms with Gasteiger partial charge in [-0.15, -0.1) is 0 Å². The zero-order valence-corrected chi connectivity index (χ0v) is 10.1. The van der Waals surface area contributed by atoms with Gasteiger partial charge in [-0.3, -0.25) is 0 Å². The monoisotopic (exact) mass is 254 g/mol. The molecule has 0 aliphatic heterocycles. The van der Waals surface area contributed by atoms with Crippen LogP contribution < -0.4 is 5.32 Å². The van der Waals surface area contributed by atoms with Crippen molar-refractivity contribution in [2.24, 2.45) is 0 Å². The summed E-state index contributed by atoms with van der Waals surface area (Å²) in [5.41, 5.74) is 0. The molecule has 0 radical (unpaired) electrons. The van der Waals surface area contributed by atoms with Gasteiger partial charge in [0.1, 0.15) is 6.54 Å². The highest BCUT2D eigenvalue weighted by molar-refractivity contribution is 7.80. The number of rotatable bonds is 2. The van der Waals surface area contributed by atoms with Gasteiger partial charge in [0, 0.05) is 13.1 Å². The summed E-state index contributed by atoms with van der Waals surface area (Å²) >= 11 is 4.94. The van der Waals surface area contributed by atoms with E-state index in [1.165, 1.54) is 13.5 Å². The van der Waals surface area contributed by atoms with Crippen LogP contribution >= 0.6 is 12.2 Å². The number of hydrogen-bond donors (Lipinski definition) is 1. The fourth-order valence-corrected chi connectivity index (χ4v) is 2.10. The standard InChI is InChI=1S/C10H17F3N2S/c1-15(7-10(11,12)13)9(16)14-8-5-3-2-4-6-8/h8H,2-7H2,1H3,(H,14,16). The van der Waals surface area contributed by atoms with Gasteiger partial charge >= 0.3 is 6.18 Å². The SMILES string of the molecule is CN(CC(F)(F)F)C(=S)NC1CCCCC1. The second-order valence-corrected chi connectivity index (χ2v) is 4.64. The Balaban J connectivity index is 2.33. The number of hydrogen-bond acceptors (Lipinski definition) is 1. The fourth-order valence-electron chi connectivity index (χ4n) is 1.87. The van der Waals surface area contributed by atoms with Gasteiger partial charge in [0.15, 0.2) is 5.11 Å². The van der Waals surface area contributed by atoms with Crippen LogP contribution in [-0.2, 0) is 0 Å². The molecule has 2 nitrogen and oxygen atoms in total. The average Bonchev–Trinajstić information content (AvgIpc) is 2.16. The maximum absolute atomic E-state index is 12.1. The van der Waals surface area contributed by atoms with Crippen LogP contribution in [0.1, 0.15) is 32.1 Å². The molecule has 6 heteroatoms. The Kier molecular flexibility index (Phi) is 4.83. The van der Waals surface area contributed by atoms with E-state index in [1.54, 1.807) is 0 Å². The minimum absolute atomic E-state index is 0.198. The second-order valence-electron chi connectivity index (χ2n) is 4.26. The smallest absolute Gasteiger partial charge is 0.360 e. The van der Waals surface area contributed by atoms with Crippen LogP contribution in [0.4, 0.5) is 13.2 Å². The van der Waals surface area contributed by atoms with Gasteiger partial charge < -0.3 is 10.2 Å². The molecule has 0 saturated heterocycles. The van der Waals surface area contributed by atoms with E-state index in [2.05, 4.69) is 5.32 Å². The molecule has 1 fully saturated rings. The highest BCUT2D eigenvalue weighted by Gasteiger charge is 2.30. The van der Waals surface area contributed by atoms with E-state index in [1.807, 2.05) is 0 Å². The molecule has 0 bridgehead atoms. The van der Waals surface area contributed by atoms with Crippen molar-refractivity contribution >= 4 is 17.3 Å². The van der Waals surface area contributed by atoms with E-state index in [0.29, 0.717) is 0 Å². The molecule has 0 aromatic heterocycles. The van der Waals surface area contributed by atoms with E-state index in [0.717, 1.165) is 30.6 Å². The summed E-state index contributed by atoms with van der Waals surface area (Å²) in [6, 6.07) is 0.247. The van der Waals surface area contributed by atoms with E-state index < -0.39 is 12.7 Å². The van der Waals surface area contributed by atoms with Gasteiger partial charge in [-0.25, -0.2) is 0 Å². The molecule has 0 aromatic carbocycles. The zero-order chi connectivity index (χ0) is 12.2. The predicted molar refractivity (Wildman–Crippen MR) is 61.3 cm³/mol. The average molecular weight is 254 g/mol. The Hall–Kier alpha value is -0.520. The lowest BCUT2D eigenvalue weighted by Gasteiger charge is -2.28. The van der Waals surface area contributed by atoms with Crippen LogP contribution in [-0.4, -0.2) is 35.8 Å². The molecule has 1 saturated carbocycles. The van der Waals surface area contributed by atoms with Crippen LogP contribution in [0, 0.1) is 0 Å². The molecule has 1 N–H and O–H groups in total. The van der Waals surface area contributed by atoms with Crippen molar-refractivity contribution in [2.75, 3.05) is 13.6 Å². The minimum Gasteiger partial charge on any atom is -0.360 e. The molecule has 0 atom stereocenters. The third-order valence-electron chi connectivity index (χ3n) is 2.70. The highest BCUT2D eigenvalue weighted by Crippen LogP contribution is 2.19. The first-order valence-corrected chi connectivity index (χ1v) is 5.88. The van der Waals surface area contributed by atoms with Gasteiger partial charge in [-0.1, -0.05) is 19.3 Å². The zero-order valence-electron chi connectivity index (χ0n) is 9.31. The molecular formula is C10H17F3N2S.